The van der Waals surface area contributed by atoms with Gasteiger partial charge in [-0.1, -0.05) is 66.2 Å². The molecule has 0 aliphatic carbocycles. The van der Waals surface area contributed by atoms with Crippen molar-refractivity contribution in [3.8, 4) is 28.0 Å². The number of benzene rings is 3. The lowest BCUT2D eigenvalue weighted by molar-refractivity contribution is -0.274. The highest BCUT2D eigenvalue weighted by Crippen LogP contribution is 2.32. The van der Waals surface area contributed by atoms with Crippen LogP contribution in [0.2, 0.25) is 5.02 Å². The van der Waals surface area contributed by atoms with Gasteiger partial charge in [0.1, 0.15) is 5.75 Å². The van der Waals surface area contributed by atoms with Gasteiger partial charge in [-0.2, -0.15) is 0 Å². The van der Waals surface area contributed by atoms with Gasteiger partial charge in [0.05, 0.1) is 0 Å². The number of halogens is 4. The summed E-state index contributed by atoms with van der Waals surface area (Å²) < 4.78 is 41.1. The summed E-state index contributed by atoms with van der Waals surface area (Å²) in [5, 5.41) is 0.180. The molecule has 5 heteroatoms. The van der Waals surface area contributed by atoms with E-state index >= 15 is 0 Å². The van der Waals surface area contributed by atoms with Crippen molar-refractivity contribution in [2.75, 3.05) is 0 Å². The molecule has 3 rings (SSSR count). The van der Waals surface area contributed by atoms with E-state index in [1.807, 2.05) is 54.6 Å². The van der Waals surface area contributed by atoms with Gasteiger partial charge in [-0.3, -0.25) is 0 Å². The Balaban J connectivity index is 1.92. The van der Waals surface area contributed by atoms with E-state index in [2.05, 4.69) is 4.74 Å². The van der Waals surface area contributed by atoms with Gasteiger partial charge in [-0.05, 0) is 40.5 Å². The molecule has 0 unspecified atom stereocenters. The van der Waals surface area contributed by atoms with Crippen molar-refractivity contribution >= 4 is 11.6 Å². The molecule has 0 aliphatic rings. The Kier molecular flexibility index (Phi) is 4.49. The summed E-state index contributed by atoms with van der Waals surface area (Å²) in [6, 6.07) is 21.4. The Labute approximate surface area is 142 Å². The average molecular weight is 349 g/mol. The molecular formula is C19H12ClF3O. The second-order valence-corrected chi connectivity index (χ2v) is 5.60. The molecule has 0 saturated carbocycles. The van der Waals surface area contributed by atoms with Crippen molar-refractivity contribution < 1.29 is 17.9 Å². The largest absolute Gasteiger partial charge is 0.573 e. The van der Waals surface area contributed by atoms with E-state index < -0.39 is 6.36 Å². The number of alkyl halides is 3. The maximum Gasteiger partial charge on any atom is 0.573 e. The lowest BCUT2D eigenvalue weighted by Gasteiger charge is -2.11. The first-order chi connectivity index (χ1) is 11.4. The average Bonchev–Trinajstić information content (AvgIpc) is 2.54. The second kappa shape index (κ2) is 6.57. The van der Waals surface area contributed by atoms with Crippen molar-refractivity contribution in [2.24, 2.45) is 0 Å². The van der Waals surface area contributed by atoms with Gasteiger partial charge < -0.3 is 4.74 Å². The predicted molar refractivity (Wildman–Crippen MR) is 89.0 cm³/mol. The van der Waals surface area contributed by atoms with Crippen LogP contribution in [0.1, 0.15) is 0 Å². The third kappa shape index (κ3) is 4.09. The molecule has 0 saturated heterocycles. The summed E-state index contributed by atoms with van der Waals surface area (Å²) in [4.78, 5) is 0. The van der Waals surface area contributed by atoms with Gasteiger partial charge in [-0.25, -0.2) is 0 Å². The zero-order valence-corrected chi connectivity index (χ0v) is 13.1. The van der Waals surface area contributed by atoms with Crippen molar-refractivity contribution in [1.82, 2.24) is 0 Å². The molecule has 0 aromatic heterocycles. The van der Waals surface area contributed by atoms with Crippen LogP contribution in [0.5, 0.6) is 5.75 Å². The van der Waals surface area contributed by atoms with E-state index in [9.17, 15) is 13.2 Å². The van der Waals surface area contributed by atoms with E-state index in [0.29, 0.717) is 5.56 Å². The molecule has 0 N–H and O–H groups in total. The minimum absolute atomic E-state index is 0.180. The topological polar surface area (TPSA) is 9.23 Å². The molecule has 3 aromatic carbocycles. The molecule has 0 bridgehead atoms. The molecule has 3 aromatic rings. The van der Waals surface area contributed by atoms with Crippen LogP contribution in [0.25, 0.3) is 22.3 Å². The summed E-state index contributed by atoms with van der Waals surface area (Å²) in [6.07, 6.45) is -4.75. The summed E-state index contributed by atoms with van der Waals surface area (Å²) in [6.45, 7) is 0. The Hall–Kier alpha value is -2.46. The normalized spacial score (nSPS) is 11.3. The Bertz CT molecular complexity index is 827. The van der Waals surface area contributed by atoms with Crippen LogP contribution in [-0.4, -0.2) is 6.36 Å². The Morgan fingerprint density at radius 3 is 1.79 bits per heavy atom. The highest BCUT2D eigenvalue weighted by atomic mass is 35.5. The second-order valence-electron chi connectivity index (χ2n) is 5.17. The van der Waals surface area contributed by atoms with Crippen molar-refractivity contribution in [2.45, 2.75) is 6.36 Å². The highest BCUT2D eigenvalue weighted by Gasteiger charge is 2.31. The first kappa shape index (κ1) is 16.4. The van der Waals surface area contributed by atoms with Crippen LogP contribution in [0.4, 0.5) is 13.2 Å². The number of hydrogen-bond acceptors (Lipinski definition) is 1. The molecule has 1 nitrogen and oxygen atoms in total. The Morgan fingerprint density at radius 1 is 0.667 bits per heavy atom. The summed E-state index contributed by atoms with van der Waals surface area (Å²) in [5.41, 5.74) is 3.40. The van der Waals surface area contributed by atoms with Gasteiger partial charge in [-0.15, -0.1) is 13.2 Å². The Morgan fingerprint density at radius 2 is 1.21 bits per heavy atom. The minimum Gasteiger partial charge on any atom is -0.406 e. The summed E-state index contributed by atoms with van der Waals surface area (Å²) in [7, 11) is 0. The molecule has 0 fully saturated rings. The first-order valence-corrected chi connectivity index (χ1v) is 7.51. The number of hydrogen-bond donors (Lipinski definition) is 0. The SMILES string of the molecule is FC(F)(F)Oc1cc(Cl)cc(-c2ccc(-c3ccccc3)cc2)c1. The fourth-order valence-electron chi connectivity index (χ4n) is 2.41. The summed E-state index contributed by atoms with van der Waals surface area (Å²) in [5.74, 6) is -0.336. The minimum atomic E-state index is -4.75. The fraction of sp³-hybridized carbons (Fsp3) is 0.0526. The van der Waals surface area contributed by atoms with Crippen molar-refractivity contribution in [3.05, 3.63) is 77.8 Å². The third-order valence-electron chi connectivity index (χ3n) is 3.43. The standard InChI is InChI=1S/C19H12ClF3O/c20-17-10-16(11-18(12-17)24-19(21,22)23)15-8-6-14(7-9-15)13-4-2-1-3-5-13/h1-12H. The zero-order chi connectivity index (χ0) is 17.2. The van der Waals surface area contributed by atoms with Crippen molar-refractivity contribution in [3.63, 3.8) is 0 Å². The molecule has 0 heterocycles. The van der Waals surface area contributed by atoms with Crippen LogP contribution < -0.4 is 4.74 Å². The molecule has 0 radical (unpaired) electrons. The molecule has 122 valence electrons. The van der Waals surface area contributed by atoms with E-state index in [1.165, 1.54) is 6.07 Å². The zero-order valence-electron chi connectivity index (χ0n) is 12.3. The van der Waals surface area contributed by atoms with Gasteiger partial charge in [0.25, 0.3) is 0 Å². The molecular weight excluding hydrogens is 337 g/mol. The van der Waals surface area contributed by atoms with Crippen LogP contribution >= 0.6 is 11.6 Å². The molecule has 0 spiro atoms. The number of rotatable bonds is 3. The first-order valence-electron chi connectivity index (χ1n) is 7.13. The van der Waals surface area contributed by atoms with E-state index in [1.54, 1.807) is 6.07 Å². The molecule has 0 amide bonds. The third-order valence-corrected chi connectivity index (χ3v) is 3.65. The van der Waals surface area contributed by atoms with Crippen LogP contribution in [-0.2, 0) is 0 Å². The highest BCUT2D eigenvalue weighted by molar-refractivity contribution is 6.31. The lowest BCUT2D eigenvalue weighted by Crippen LogP contribution is -2.17. The molecule has 0 atom stereocenters. The van der Waals surface area contributed by atoms with Gasteiger partial charge >= 0.3 is 6.36 Å². The van der Waals surface area contributed by atoms with E-state index in [0.717, 1.165) is 22.8 Å². The van der Waals surface area contributed by atoms with Crippen LogP contribution in [0.15, 0.2) is 72.8 Å². The molecule has 24 heavy (non-hydrogen) atoms. The number of ether oxygens (including phenoxy) is 1. The summed E-state index contributed by atoms with van der Waals surface area (Å²) >= 11 is 5.91. The van der Waals surface area contributed by atoms with Gasteiger partial charge in [0, 0.05) is 5.02 Å². The van der Waals surface area contributed by atoms with Gasteiger partial charge in [0.15, 0.2) is 0 Å². The van der Waals surface area contributed by atoms with Gasteiger partial charge in [0.2, 0.25) is 0 Å². The predicted octanol–water partition coefficient (Wildman–Crippen LogP) is 6.57. The smallest absolute Gasteiger partial charge is 0.406 e. The van der Waals surface area contributed by atoms with Crippen LogP contribution in [0, 0.1) is 0 Å². The fourth-order valence-corrected chi connectivity index (χ4v) is 2.63. The molecule has 0 aliphatic heterocycles. The van der Waals surface area contributed by atoms with E-state index in [4.69, 9.17) is 11.6 Å². The van der Waals surface area contributed by atoms with Crippen molar-refractivity contribution in [1.29, 1.82) is 0 Å². The maximum atomic E-state index is 12.4. The maximum absolute atomic E-state index is 12.4. The lowest BCUT2D eigenvalue weighted by atomic mass is 10.0. The monoisotopic (exact) mass is 348 g/mol. The van der Waals surface area contributed by atoms with Crippen LogP contribution in [0.3, 0.4) is 0 Å². The van der Waals surface area contributed by atoms with E-state index in [-0.39, 0.29) is 10.8 Å². The quantitative estimate of drug-likeness (QED) is 0.520.